The summed E-state index contributed by atoms with van der Waals surface area (Å²) in [4.78, 5) is 2.67. The van der Waals surface area contributed by atoms with Gasteiger partial charge in [-0.25, -0.2) is 0 Å². The highest BCUT2D eigenvalue weighted by atomic mass is 32.2. The van der Waals surface area contributed by atoms with Crippen LogP contribution in [0.1, 0.15) is 0 Å². The molecule has 50 valence electrons. The van der Waals surface area contributed by atoms with E-state index in [9.17, 15) is 0 Å². The van der Waals surface area contributed by atoms with Crippen molar-refractivity contribution in [3.05, 3.63) is 10.4 Å². The molecule has 0 amide bonds. The Hall–Kier alpha value is -0.380. The van der Waals surface area contributed by atoms with Crippen molar-refractivity contribution in [1.82, 2.24) is 5.32 Å². The van der Waals surface area contributed by atoms with Crippen molar-refractivity contribution in [3.63, 3.8) is 0 Å². The summed E-state index contributed by atoms with van der Waals surface area (Å²) in [6, 6.07) is 0. The number of azide groups is 1. The monoisotopic (exact) mass is 144 g/mol. The summed E-state index contributed by atoms with van der Waals surface area (Å²) in [6.07, 6.45) is 0. The van der Waals surface area contributed by atoms with Crippen LogP contribution in [-0.2, 0) is 0 Å². The molecule has 0 aromatic carbocycles. The number of nitrogens with zero attached hydrogens (tertiary/aromatic N) is 3. The van der Waals surface area contributed by atoms with Gasteiger partial charge in [0.15, 0.2) is 0 Å². The number of hydrogen-bond donors (Lipinski definition) is 1. The standard InChI is InChI=1S/C4H8N4S/c5-8-7-3-4-6-1-2-9-4/h4,6H,1-3H2. The quantitative estimate of drug-likeness (QED) is 0.356. The van der Waals surface area contributed by atoms with Crippen LogP contribution in [0, 0.1) is 0 Å². The molecule has 9 heavy (non-hydrogen) atoms. The molecule has 0 radical (unpaired) electrons. The first-order chi connectivity index (χ1) is 4.43. The van der Waals surface area contributed by atoms with Gasteiger partial charge in [0.1, 0.15) is 0 Å². The fraction of sp³-hybridized carbons (Fsp3) is 1.00. The van der Waals surface area contributed by atoms with Crippen molar-refractivity contribution in [3.8, 4) is 0 Å². The summed E-state index contributed by atoms with van der Waals surface area (Å²) in [7, 11) is 0. The van der Waals surface area contributed by atoms with Gasteiger partial charge in [-0.2, -0.15) is 0 Å². The minimum absolute atomic E-state index is 0.362. The second-order valence-corrected chi connectivity index (χ2v) is 3.04. The zero-order valence-electron chi connectivity index (χ0n) is 4.95. The van der Waals surface area contributed by atoms with E-state index in [1.165, 1.54) is 0 Å². The highest BCUT2D eigenvalue weighted by Gasteiger charge is 2.11. The largest absolute Gasteiger partial charge is 0.304 e. The number of rotatable bonds is 2. The van der Waals surface area contributed by atoms with Gasteiger partial charge in [0.2, 0.25) is 0 Å². The van der Waals surface area contributed by atoms with E-state index in [0.29, 0.717) is 11.9 Å². The van der Waals surface area contributed by atoms with Gasteiger partial charge in [-0.3, -0.25) is 0 Å². The Balaban J connectivity index is 2.18. The Bertz CT molecular complexity index is 125. The smallest absolute Gasteiger partial charge is 0.0589 e. The average molecular weight is 144 g/mol. The van der Waals surface area contributed by atoms with Crippen LogP contribution in [-0.4, -0.2) is 24.2 Å². The maximum atomic E-state index is 7.95. The van der Waals surface area contributed by atoms with Gasteiger partial charge in [-0.15, -0.1) is 11.8 Å². The SMILES string of the molecule is [N-]=[N+]=NCC1NCCS1. The molecule has 1 N–H and O–H groups in total. The van der Waals surface area contributed by atoms with E-state index in [1.54, 1.807) is 11.8 Å². The summed E-state index contributed by atoms with van der Waals surface area (Å²) in [5, 5.41) is 7.00. The Morgan fingerprint density at radius 3 is 3.33 bits per heavy atom. The van der Waals surface area contributed by atoms with Crippen LogP contribution in [0.25, 0.3) is 10.4 Å². The van der Waals surface area contributed by atoms with Crippen molar-refractivity contribution in [2.45, 2.75) is 5.37 Å². The second kappa shape index (κ2) is 3.61. The first kappa shape index (κ1) is 6.74. The molecule has 1 atom stereocenters. The molecular weight excluding hydrogens is 136 g/mol. The van der Waals surface area contributed by atoms with E-state index in [0.717, 1.165) is 12.3 Å². The van der Waals surface area contributed by atoms with Crippen LogP contribution in [0.3, 0.4) is 0 Å². The molecule has 0 aromatic heterocycles. The summed E-state index contributed by atoms with van der Waals surface area (Å²) < 4.78 is 0. The Kier molecular flexibility index (Phi) is 2.70. The summed E-state index contributed by atoms with van der Waals surface area (Å²) in [5.74, 6) is 1.13. The molecule has 5 heteroatoms. The maximum Gasteiger partial charge on any atom is 0.0589 e. The lowest BCUT2D eigenvalue weighted by atomic mass is 10.6. The lowest BCUT2D eigenvalue weighted by Gasteiger charge is -2.01. The van der Waals surface area contributed by atoms with Gasteiger partial charge in [0.05, 0.1) is 11.9 Å². The normalized spacial score (nSPS) is 25.6. The molecule has 1 unspecified atom stereocenters. The predicted octanol–water partition coefficient (Wildman–Crippen LogP) is 0.959. The lowest BCUT2D eigenvalue weighted by Crippen LogP contribution is -2.21. The van der Waals surface area contributed by atoms with Gasteiger partial charge in [-0.1, -0.05) is 5.11 Å². The first-order valence-electron chi connectivity index (χ1n) is 2.79. The fourth-order valence-electron chi connectivity index (χ4n) is 0.708. The van der Waals surface area contributed by atoms with Crippen LogP contribution in [0.2, 0.25) is 0 Å². The van der Waals surface area contributed by atoms with E-state index >= 15 is 0 Å². The third kappa shape index (κ3) is 2.13. The third-order valence-corrected chi connectivity index (χ3v) is 2.26. The highest BCUT2D eigenvalue weighted by Crippen LogP contribution is 2.13. The molecule has 1 aliphatic heterocycles. The van der Waals surface area contributed by atoms with Gasteiger partial charge >= 0.3 is 0 Å². The molecule has 1 aliphatic rings. The van der Waals surface area contributed by atoms with E-state index in [2.05, 4.69) is 15.3 Å². The van der Waals surface area contributed by atoms with E-state index in [4.69, 9.17) is 5.53 Å². The van der Waals surface area contributed by atoms with Gasteiger partial charge in [0.25, 0.3) is 0 Å². The molecule has 4 nitrogen and oxygen atoms in total. The molecular formula is C4H8N4S. The molecule has 0 spiro atoms. The van der Waals surface area contributed by atoms with E-state index in [-0.39, 0.29) is 0 Å². The molecule has 0 aliphatic carbocycles. The summed E-state index contributed by atoms with van der Waals surface area (Å²) in [6.45, 7) is 1.61. The topological polar surface area (TPSA) is 60.8 Å². The minimum Gasteiger partial charge on any atom is -0.304 e. The third-order valence-electron chi connectivity index (χ3n) is 1.10. The van der Waals surface area contributed by atoms with Crippen LogP contribution in [0.5, 0.6) is 0 Å². The minimum atomic E-state index is 0.362. The molecule has 0 bridgehead atoms. The van der Waals surface area contributed by atoms with Crippen LogP contribution >= 0.6 is 11.8 Å². The van der Waals surface area contributed by atoms with Gasteiger partial charge in [0, 0.05) is 17.2 Å². The number of hydrogen-bond acceptors (Lipinski definition) is 3. The Morgan fingerprint density at radius 1 is 1.89 bits per heavy atom. The van der Waals surface area contributed by atoms with Crippen molar-refractivity contribution in [2.24, 2.45) is 5.11 Å². The van der Waals surface area contributed by atoms with E-state index in [1.807, 2.05) is 0 Å². The van der Waals surface area contributed by atoms with E-state index < -0.39 is 0 Å². The predicted molar refractivity (Wildman–Crippen MR) is 38.3 cm³/mol. The molecule has 0 saturated carbocycles. The zero-order valence-corrected chi connectivity index (χ0v) is 5.77. The molecule has 1 fully saturated rings. The fourth-order valence-corrected chi connectivity index (χ4v) is 1.64. The maximum absolute atomic E-state index is 7.95. The summed E-state index contributed by atoms with van der Waals surface area (Å²) in [5.41, 5.74) is 7.95. The van der Waals surface area contributed by atoms with Crippen molar-refractivity contribution >= 4 is 11.8 Å². The highest BCUT2D eigenvalue weighted by molar-refractivity contribution is 8.00. The molecule has 1 heterocycles. The number of nitrogens with one attached hydrogen (secondary N) is 1. The first-order valence-corrected chi connectivity index (χ1v) is 3.84. The number of thioether (sulfide) groups is 1. The van der Waals surface area contributed by atoms with Crippen molar-refractivity contribution in [1.29, 1.82) is 0 Å². The molecule has 0 aromatic rings. The molecule has 1 rings (SSSR count). The van der Waals surface area contributed by atoms with Crippen LogP contribution in [0.4, 0.5) is 0 Å². The van der Waals surface area contributed by atoms with Crippen molar-refractivity contribution < 1.29 is 0 Å². The zero-order chi connectivity index (χ0) is 6.53. The average Bonchev–Trinajstić information content (AvgIpc) is 2.34. The molecule has 1 saturated heterocycles. The van der Waals surface area contributed by atoms with Crippen LogP contribution in [0.15, 0.2) is 5.11 Å². The Labute approximate surface area is 57.6 Å². The van der Waals surface area contributed by atoms with Gasteiger partial charge in [-0.05, 0) is 5.53 Å². The van der Waals surface area contributed by atoms with Crippen molar-refractivity contribution in [2.75, 3.05) is 18.8 Å². The second-order valence-electron chi connectivity index (χ2n) is 1.73. The summed E-state index contributed by atoms with van der Waals surface area (Å²) >= 11 is 1.81. The lowest BCUT2D eigenvalue weighted by molar-refractivity contribution is 0.715. The van der Waals surface area contributed by atoms with Gasteiger partial charge < -0.3 is 5.32 Å². The Morgan fingerprint density at radius 2 is 2.78 bits per heavy atom. The van der Waals surface area contributed by atoms with Crippen LogP contribution < -0.4 is 5.32 Å².